The van der Waals surface area contributed by atoms with Crippen LogP contribution in [0.25, 0.3) is 64.7 Å². The van der Waals surface area contributed by atoms with Crippen molar-refractivity contribution in [2.75, 3.05) is 4.90 Å². The van der Waals surface area contributed by atoms with Gasteiger partial charge in [0.1, 0.15) is 0 Å². The number of hydrogen-bond acceptors (Lipinski definition) is 2. The van der Waals surface area contributed by atoms with Crippen LogP contribution in [0.1, 0.15) is 74.9 Å². The summed E-state index contributed by atoms with van der Waals surface area (Å²) >= 11 is 1.93. The summed E-state index contributed by atoms with van der Waals surface area (Å²) in [5.74, 6) is 0. The molecule has 3 aliphatic carbocycles. The molecule has 0 saturated heterocycles. The van der Waals surface area contributed by atoms with E-state index < -0.39 is 0 Å². The molecule has 0 unspecified atom stereocenters. The Morgan fingerprint density at radius 2 is 0.881 bits per heavy atom. The summed E-state index contributed by atoms with van der Waals surface area (Å²) in [6.45, 7) is 14.5. The first-order chi connectivity index (χ1) is 28.5. The van der Waals surface area contributed by atoms with Gasteiger partial charge in [0.25, 0.3) is 0 Å². The SMILES string of the molecule is CC1(C)c2ccccc2-c2ccc(N(c3ccc4c(c3)C(C)(C)c3ccccc3-4)c3c4c(cc5sc6ccccc6c35)C(C)(C)c3cc(-c5ccccc5)ccc3-4)cc21. The van der Waals surface area contributed by atoms with Gasteiger partial charge in [-0.15, -0.1) is 11.3 Å². The summed E-state index contributed by atoms with van der Waals surface area (Å²) in [7, 11) is 0. The molecular formula is C57H45NS. The molecule has 1 heterocycles. The average molecular weight is 776 g/mol. The van der Waals surface area contributed by atoms with E-state index in [2.05, 4.69) is 210 Å². The third-order valence-corrected chi connectivity index (χ3v) is 15.4. The van der Waals surface area contributed by atoms with Crippen molar-refractivity contribution in [1.82, 2.24) is 0 Å². The van der Waals surface area contributed by atoms with Crippen LogP contribution in [0.15, 0.2) is 164 Å². The maximum atomic E-state index is 2.65. The Hall–Kier alpha value is -6.22. The number of thiophene rings is 1. The second-order valence-corrected chi connectivity index (χ2v) is 19.6. The molecule has 59 heavy (non-hydrogen) atoms. The monoisotopic (exact) mass is 775 g/mol. The highest BCUT2D eigenvalue weighted by Crippen LogP contribution is 2.61. The summed E-state index contributed by atoms with van der Waals surface area (Å²) in [6, 6.07) is 62.2. The molecule has 0 aliphatic heterocycles. The van der Waals surface area contributed by atoms with Gasteiger partial charge in [-0.1, -0.05) is 163 Å². The van der Waals surface area contributed by atoms with Crippen molar-refractivity contribution in [1.29, 1.82) is 0 Å². The lowest BCUT2D eigenvalue weighted by atomic mass is 9.81. The minimum Gasteiger partial charge on any atom is -0.309 e. The lowest BCUT2D eigenvalue weighted by Gasteiger charge is -2.32. The van der Waals surface area contributed by atoms with Crippen molar-refractivity contribution in [3.63, 3.8) is 0 Å². The molecule has 8 aromatic carbocycles. The fourth-order valence-corrected chi connectivity index (χ4v) is 12.3. The van der Waals surface area contributed by atoms with Crippen LogP contribution >= 0.6 is 11.3 Å². The average Bonchev–Trinajstić information content (AvgIpc) is 3.89. The lowest BCUT2D eigenvalue weighted by Crippen LogP contribution is -2.19. The number of rotatable bonds is 4. The Kier molecular flexibility index (Phi) is 7.04. The van der Waals surface area contributed by atoms with Crippen molar-refractivity contribution in [2.45, 2.75) is 57.8 Å². The Labute approximate surface area is 351 Å². The van der Waals surface area contributed by atoms with Crippen molar-refractivity contribution in [3.05, 3.63) is 197 Å². The summed E-state index contributed by atoms with van der Waals surface area (Å²) in [5, 5.41) is 2.64. The Morgan fingerprint density at radius 1 is 0.373 bits per heavy atom. The van der Waals surface area contributed by atoms with Gasteiger partial charge in [-0.25, -0.2) is 0 Å². The zero-order valence-electron chi connectivity index (χ0n) is 34.4. The normalized spacial score (nSPS) is 15.7. The van der Waals surface area contributed by atoms with Crippen molar-refractivity contribution < 1.29 is 0 Å². The van der Waals surface area contributed by atoms with Gasteiger partial charge in [0.05, 0.1) is 5.69 Å². The second-order valence-electron chi connectivity index (χ2n) is 18.5. The largest absolute Gasteiger partial charge is 0.309 e. The lowest BCUT2D eigenvalue weighted by molar-refractivity contribution is 0.660. The van der Waals surface area contributed by atoms with E-state index in [0.717, 1.165) is 0 Å². The van der Waals surface area contributed by atoms with E-state index in [1.54, 1.807) is 0 Å². The Balaban J connectivity index is 1.20. The van der Waals surface area contributed by atoms with Crippen molar-refractivity contribution in [3.8, 4) is 44.5 Å². The van der Waals surface area contributed by atoms with Gasteiger partial charge in [0, 0.05) is 53.4 Å². The third-order valence-electron chi connectivity index (χ3n) is 14.3. The molecule has 0 amide bonds. The molecule has 0 N–H and O–H groups in total. The van der Waals surface area contributed by atoms with Crippen LogP contribution < -0.4 is 4.90 Å². The Morgan fingerprint density at radius 3 is 1.53 bits per heavy atom. The van der Waals surface area contributed by atoms with E-state index in [-0.39, 0.29) is 16.2 Å². The zero-order valence-corrected chi connectivity index (χ0v) is 35.3. The van der Waals surface area contributed by atoms with Gasteiger partial charge in [-0.05, 0) is 115 Å². The van der Waals surface area contributed by atoms with Gasteiger partial charge < -0.3 is 4.90 Å². The van der Waals surface area contributed by atoms with Gasteiger partial charge in [0.15, 0.2) is 0 Å². The minimum absolute atomic E-state index is 0.138. The van der Waals surface area contributed by atoms with Crippen molar-refractivity contribution >= 4 is 48.6 Å². The van der Waals surface area contributed by atoms with Gasteiger partial charge in [-0.2, -0.15) is 0 Å². The molecule has 0 saturated carbocycles. The highest BCUT2D eigenvalue weighted by Gasteiger charge is 2.42. The van der Waals surface area contributed by atoms with Gasteiger partial charge in [0.2, 0.25) is 0 Å². The first-order valence-corrected chi connectivity index (χ1v) is 21.8. The number of fused-ring (bicyclic) bond motifs is 12. The maximum absolute atomic E-state index is 2.65. The smallest absolute Gasteiger partial charge is 0.0636 e. The van der Waals surface area contributed by atoms with Crippen LogP contribution in [-0.4, -0.2) is 0 Å². The van der Waals surface area contributed by atoms with Crippen LogP contribution in [0.5, 0.6) is 0 Å². The predicted octanol–water partition coefficient (Wildman–Crippen LogP) is 16.1. The molecule has 1 nitrogen and oxygen atoms in total. The topological polar surface area (TPSA) is 3.24 Å². The molecule has 12 rings (SSSR count). The molecule has 2 heteroatoms. The second kappa shape index (κ2) is 11.9. The van der Waals surface area contributed by atoms with Gasteiger partial charge in [-0.3, -0.25) is 0 Å². The molecule has 1 aromatic heterocycles. The molecule has 0 radical (unpaired) electrons. The molecule has 3 aliphatic rings. The fraction of sp³-hybridized carbons (Fsp3) is 0.158. The molecule has 0 atom stereocenters. The number of hydrogen-bond donors (Lipinski definition) is 0. The molecule has 284 valence electrons. The predicted molar refractivity (Wildman–Crippen MR) is 252 cm³/mol. The zero-order chi connectivity index (χ0) is 40.0. The van der Waals surface area contributed by atoms with E-state index in [1.165, 1.54) is 115 Å². The van der Waals surface area contributed by atoms with E-state index in [0.29, 0.717) is 0 Å². The fourth-order valence-electron chi connectivity index (χ4n) is 11.2. The van der Waals surface area contributed by atoms with Crippen molar-refractivity contribution in [2.24, 2.45) is 0 Å². The molecule has 0 bridgehead atoms. The van der Waals surface area contributed by atoms with Gasteiger partial charge >= 0.3 is 0 Å². The van der Waals surface area contributed by atoms with E-state index in [9.17, 15) is 0 Å². The first kappa shape index (κ1) is 34.8. The maximum Gasteiger partial charge on any atom is 0.0636 e. The highest BCUT2D eigenvalue weighted by atomic mass is 32.1. The van der Waals surface area contributed by atoms with Crippen LogP contribution in [-0.2, 0) is 16.2 Å². The molecule has 9 aromatic rings. The van der Waals surface area contributed by atoms with Crippen LogP contribution in [0.2, 0.25) is 0 Å². The number of benzene rings is 8. The molecule has 0 fully saturated rings. The Bertz CT molecular complexity index is 3140. The summed E-state index contributed by atoms with van der Waals surface area (Å²) in [4.78, 5) is 2.65. The van der Waals surface area contributed by atoms with E-state index in [1.807, 2.05) is 11.3 Å². The number of anilines is 3. The molecule has 0 spiro atoms. The van der Waals surface area contributed by atoms with E-state index >= 15 is 0 Å². The third kappa shape index (κ3) is 4.67. The number of nitrogens with zero attached hydrogens (tertiary/aromatic N) is 1. The summed E-state index contributed by atoms with van der Waals surface area (Å²) in [6.07, 6.45) is 0. The summed E-state index contributed by atoms with van der Waals surface area (Å²) < 4.78 is 2.65. The quantitative estimate of drug-likeness (QED) is 0.172. The summed E-state index contributed by atoms with van der Waals surface area (Å²) in [5.41, 5.74) is 22.0. The standard InChI is InChI=1S/C57H45NS/c1-55(2)44-21-13-10-18-38(44)40-28-25-36(31-47(40)55)58(37-26-29-41-39-19-11-14-22-45(39)56(3,4)48(41)32-37)54-52-42-27-24-35(34-16-8-7-9-17-34)30-46(42)57(5,6)49(52)33-51-53(54)43-20-12-15-23-50(43)59-51/h7-33H,1-6H3. The van der Waals surface area contributed by atoms with Crippen LogP contribution in [0, 0.1) is 0 Å². The highest BCUT2D eigenvalue weighted by molar-refractivity contribution is 7.26. The first-order valence-electron chi connectivity index (χ1n) is 21.0. The van der Waals surface area contributed by atoms with Crippen LogP contribution in [0.3, 0.4) is 0 Å². The van der Waals surface area contributed by atoms with Crippen LogP contribution in [0.4, 0.5) is 17.1 Å². The minimum atomic E-state index is -0.219. The molecular weight excluding hydrogens is 731 g/mol. The van der Waals surface area contributed by atoms with E-state index in [4.69, 9.17) is 0 Å².